The number of halogens is 2. The standard InChI is InChI=1S/C29H29F2N3O5/c1-3-25-23(18-33(17-22-6-4-14-37-22)28(35)27-7-5-15-38-27)29(39-26-13-8-19(30)16-24(26)31)34(32-25)20-9-11-21(36-2)12-10-20/h5,7-13,15-16,22H,3-4,6,14,17-18H2,1-2H3/t22-/m0/s1. The summed E-state index contributed by atoms with van der Waals surface area (Å²) in [6, 6.07) is 13.5. The molecule has 0 aliphatic carbocycles. The van der Waals surface area contributed by atoms with Gasteiger partial charge < -0.3 is 23.5 Å². The van der Waals surface area contributed by atoms with Crippen molar-refractivity contribution in [3.8, 4) is 23.1 Å². The zero-order chi connectivity index (χ0) is 27.4. The second-order valence-corrected chi connectivity index (χ2v) is 9.17. The Balaban J connectivity index is 1.59. The summed E-state index contributed by atoms with van der Waals surface area (Å²) < 4.78 is 52.5. The van der Waals surface area contributed by atoms with Crippen LogP contribution < -0.4 is 9.47 Å². The third kappa shape index (κ3) is 5.80. The molecule has 0 saturated carbocycles. The summed E-state index contributed by atoms with van der Waals surface area (Å²) in [7, 11) is 1.57. The van der Waals surface area contributed by atoms with Crippen LogP contribution in [0.25, 0.3) is 5.69 Å². The number of hydrogen-bond acceptors (Lipinski definition) is 6. The van der Waals surface area contributed by atoms with Crippen molar-refractivity contribution in [3.63, 3.8) is 0 Å². The molecule has 0 spiro atoms. The van der Waals surface area contributed by atoms with Crippen molar-refractivity contribution in [3.05, 3.63) is 89.5 Å². The Morgan fingerprint density at radius 2 is 2.00 bits per heavy atom. The van der Waals surface area contributed by atoms with Crippen LogP contribution >= 0.6 is 0 Å². The number of hydrogen-bond donors (Lipinski definition) is 0. The van der Waals surface area contributed by atoms with Gasteiger partial charge in [0.15, 0.2) is 17.3 Å². The lowest BCUT2D eigenvalue weighted by molar-refractivity contribution is 0.0482. The first-order valence-electron chi connectivity index (χ1n) is 12.8. The van der Waals surface area contributed by atoms with Gasteiger partial charge in [-0.2, -0.15) is 5.10 Å². The molecular weight excluding hydrogens is 508 g/mol. The van der Waals surface area contributed by atoms with Gasteiger partial charge in [-0.05, 0) is 67.8 Å². The highest BCUT2D eigenvalue weighted by atomic mass is 19.1. The molecule has 8 nitrogen and oxygen atoms in total. The topological polar surface area (TPSA) is 79.0 Å². The first-order valence-corrected chi connectivity index (χ1v) is 12.8. The predicted octanol–water partition coefficient (Wildman–Crippen LogP) is 5.93. The van der Waals surface area contributed by atoms with Crippen molar-refractivity contribution in [1.29, 1.82) is 0 Å². The first-order chi connectivity index (χ1) is 19.0. The molecule has 1 atom stereocenters. The van der Waals surface area contributed by atoms with Crippen molar-refractivity contribution in [2.75, 3.05) is 20.3 Å². The van der Waals surface area contributed by atoms with E-state index >= 15 is 0 Å². The monoisotopic (exact) mass is 537 g/mol. The molecule has 3 heterocycles. The molecular formula is C29H29F2N3O5. The fourth-order valence-electron chi connectivity index (χ4n) is 4.59. The summed E-state index contributed by atoms with van der Waals surface area (Å²) >= 11 is 0. The van der Waals surface area contributed by atoms with Gasteiger partial charge in [0, 0.05) is 19.2 Å². The summed E-state index contributed by atoms with van der Waals surface area (Å²) in [4.78, 5) is 15.1. The summed E-state index contributed by atoms with van der Waals surface area (Å²) in [5, 5.41) is 4.77. The fraction of sp³-hybridized carbons (Fsp3) is 0.310. The van der Waals surface area contributed by atoms with Gasteiger partial charge in [-0.15, -0.1) is 0 Å². The molecule has 1 fully saturated rings. The number of carbonyl (C=O) groups is 1. The van der Waals surface area contributed by atoms with E-state index in [1.54, 1.807) is 53.1 Å². The molecule has 2 aromatic carbocycles. The minimum atomic E-state index is -0.857. The summed E-state index contributed by atoms with van der Waals surface area (Å²) in [5.41, 5.74) is 1.89. The van der Waals surface area contributed by atoms with E-state index in [2.05, 4.69) is 0 Å². The molecule has 0 bridgehead atoms. The van der Waals surface area contributed by atoms with Crippen molar-refractivity contribution in [2.24, 2.45) is 0 Å². The number of aryl methyl sites for hydroxylation is 1. The highest BCUT2D eigenvalue weighted by molar-refractivity contribution is 5.91. The van der Waals surface area contributed by atoms with Gasteiger partial charge in [0.2, 0.25) is 5.88 Å². The molecule has 0 radical (unpaired) electrons. The van der Waals surface area contributed by atoms with E-state index in [0.29, 0.717) is 42.3 Å². The number of benzene rings is 2. The predicted molar refractivity (Wildman–Crippen MR) is 138 cm³/mol. The van der Waals surface area contributed by atoms with Crippen LogP contribution in [0.15, 0.2) is 65.3 Å². The molecule has 1 aliphatic rings. The molecule has 0 unspecified atom stereocenters. The zero-order valence-electron chi connectivity index (χ0n) is 21.7. The van der Waals surface area contributed by atoms with Crippen molar-refractivity contribution < 1.29 is 32.2 Å². The maximum atomic E-state index is 14.7. The molecule has 1 amide bonds. The minimum absolute atomic E-state index is 0.108. The SMILES string of the molecule is CCc1nn(-c2ccc(OC)cc2)c(Oc2ccc(F)cc2F)c1CN(C[C@@H]1CCCO1)C(=O)c1ccco1. The zero-order valence-corrected chi connectivity index (χ0v) is 21.7. The number of nitrogens with zero attached hydrogens (tertiary/aromatic N) is 3. The van der Waals surface area contributed by atoms with E-state index in [4.69, 9.17) is 23.7 Å². The molecule has 5 rings (SSSR count). The lowest BCUT2D eigenvalue weighted by atomic mass is 10.1. The van der Waals surface area contributed by atoms with Crippen molar-refractivity contribution in [1.82, 2.24) is 14.7 Å². The van der Waals surface area contributed by atoms with Gasteiger partial charge in [0.05, 0.1) is 43.0 Å². The van der Waals surface area contributed by atoms with E-state index in [-0.39, 0.29) is 35.9 Å². The normalized spacial score (nSPS) is 14.9. The van der Waals surface area contributed by atoms with Gasteiger partial charge in [0.25, 0.3) is 5.91 Å². The molecule has 4 aromatic rings. The molecule has 10 heteroatoms. The second-order valence-electron chi connectivity index (χ2n) is 9.17. The van der Waals surface area contributed by atoms with Crippen molar-refractivity contribution >= 4 is 5.91 Å². The minimum Gasteiger partial charge on any atom is -0.497 e. The second kappa shape index (κ2) is 11.7. The van der Waals surface area contributed by atoms with Gasteiger partial charge in [0.1, 0.15) is 11.6 Å². The third-order valence-electron chi connectivity index (χ3n) is 6.59. The van der Waals surface area contributed by atoms with Crippen LogP contribution in [0.4, 0.5) is 8.78 Å². The molecule has 0 N–H and O–H groups in total. The first kappa shape index (κ1) is 26.4. The molecule has 1 saturated heterocycles. The Morgan fingerprint density at radius 3 is 2.64 bits per heavy atom. The average molecular weight is 538 g/mol. The Hall–Kier alpha value is -4.18. The van der Waals surface area contributed by atoms with Crippen LogP contribution in [0.2, 0.25) is 0 Å². The maximum absolute atomic E-state index is 14.7. The van der Waals surface area contributed by atoms with Gasteiger partial charge in [-0.3, -0.25) is 4.79 Å². The van der Waals surface area contributed by atoms with E-state index in [9.17, 15) is 13.6 Å². The maximum Gasteiger partial charge on any atom is 0.289 e. The number of methoxy groups -OCH3 is 1. The quantitative estimate of drug-likeness (QED) is 0.250. The van der Waals surface area contributed by atoms with E-state index in [1.807, 2.05) is 6.92 Å². The van der Waals surface area contributed by atoms with Gasteiger partial charge in [-0.1, -0.05) is 6.92 Å². The van der Waals surface area contributed by atoms with Gasteiger partial charge >= 0.3 is 0 Å². The molecule has 1 aliphatic heterocycles. The number of ether oxygens (including phenoxy) is 3. The van der Waals surface area contributed by atoms with Crippen LogP contribution in [-0.2, 0) is 17.7 Å². The highest BCUT2D eigenvalue weighted by Crippen LogP contribution is 2.34. The number of amides is 1. The molecule has 39 heavy (non-hydrogen) atoms. The summed E-state index contributed by atoms with van der Waals surface area (Å²) in [6.45, 7) is 3.02. The van der Waals surface area contributed by atoms with Crippen LogP contribution in [0.1, 0.15) is 41.6 Å². The lowest BCUT2D eigenvalue weighted by Gasteiger charge is -2.25. The van der Waals surface area contributed by atoms with Crippen molar-refractivity contribution in [2.45, 2.75) is 38.8 Å². The third-order valence-corrected chi connectivity index (χ3v) is 6.59. The lowest BCUT2D eigenvalue weighted by Crippen LogP contribution is -2.37. The van der Waals surface area contributed by atoms with E-state index in [1.165, 1.54) is 12.3 Å². The summed E-state index contributed by atoms with van der Waals surface area (Å²) in [6.07, 6.45) is 3.59. The summed E-state index contributed by atoms with van der Waals surface area (Å²) in [5.74, 6) is -0.991. The number of carbonyl (C=O) groups excluding carboxylic acids is 1. The highest BCUT2D eigenvalue weighted by Gasteiger charge is 2.29. The molecule has 2 aromatic heterocycles. The van der Waals surface area contributed by atoms with Crippen LogP contribution in [0.3, 0.4) is 0 Å². The Kier molecular flexibility index (Phi) is 7.92. The average Bonchev–Trinajstić information content (AvgIpc) is 3.72. The largest absolute Gasteiger partial charge is 0.497 e. The number of furan rings is 1. The van der Waals surface area contributed by atoms with E-state index < -0.39 is 11.6 Å². The fourth-order valence-corrected chi connectivity index (χ4v) is 4.59. The Bertz CT molecular complexity index is 1410. The van der Waals surface area contributed by atoms with Crippen LogP contribution in [0.5, 0.6) is 17.4 Å². The van der Waals surface area contributed by atoms with Crippen LogP contribution in [-0.4, -0.2) is 47.0 Å². The van der Waals surface area contributed by atoms with Crippen LogP contribution in [0, 0.1) is 11.6 Å². The van der Waals surface area contributed by atoms with Gasteiger partial charge in [-0.25, -0.2) is 13.5 Å². The molecule has 204 valence electrons. The smallest absolute Gasteiger partial charge is 0.289 e. The van der Waals surface area contributed by atoms with E-state index in [0.717, 1.165) is 25.0 Å². The number of rotatable bonds is 10. The Morgan fingerprint density at radius 1 is 1.18 bits per heavy atom. The Labute approximate surface area is 224 Å². The number of aromatic nitrogens is 2.